The molecule has 0 saturated carbocycles. The lowest BCUT2D eigenvalue weighted by Gasteiger charge is -2.09. The topological polar surface area (TPSA) is 80.9 Å². The molecule has 19 heavy (non-hydrogen) atoms. The van der Waals surface area contributed by atoms with Crippen LogP contribution in [0.15, 0.2) is 41.6 Å². The van der Waals surface area contributed by atoms with E-state index in [1.807, 2.05) is 31.2 Å². The summed E-state index contributed by atoms with van der Waals surface area (Å²) in [6.45, 7) is 1.98. The Kier molecular flexibility index (Phi) is 2.49. The number of benzene rings is 1. The largest absolute Gasteiger partial charge is 0.427 e. The van der Waals surface area contributed by atoms with Crippen molar-refractivity contribution in [2.45, 2.75) is 6.92 Å². The van der Waals surface area contributed by atoms with Crippen molar-refractivity contribution in [1.82, 2.24) is 19.7 Å². The molecule has 6 heteroatoms. The zero-order valence-electron chi connectivity index (χ0n) is 10.1. The molecule has 0 bridgehead atoms. The third kappa shape index (κ3) is 1.93. The molecule has 0 aliphatic carbocycles. The predicted octanol–water partition coefficient (Wildman–Crippen LogP) is 1.35. The standard InChI is InChI=1S/C13H10N4O2/c1-8-2-4-9(5-3-8)10-6-17(19)12-11(16-10)13(18)15-7-14-12/h2-7,19H,1H3. The van der Waals surface area contributed by atoms with E-state index >= 15 is 0 Å². The summed E-state index contributed by atoms with van der Waals surface area (Å²) < 4.78 is 0.792. The molecule has 6 nitrogen and oxygen atoms in total. The minimum Gasteiger partial charge on any atom is -0.427 e. The molecule has 2 aliphatic rings. The second-order valence-electron chi connectivity index (χ2n) is 4.19. The van der Waals surface area contributed by atoms with Crippen molar-refractivity contribution in [2.24, 2.45) is 0 Å². The first kappa shape index (κ1) is 11.3. The van der Waals surface area contributed by atoms with Gasteiger partial charge in [-0.3, -0.25) is 4.79 Å². The Hall–Kier alpha value is -2.76. The van der Waals surface area contributed by atoms with Gasteiger partial charge in [0.2, 0.25) is 5.82 Å². The van der Waals surface area contributed by atoms with Crippen LogP contribution in [0.25, 0.3) is 22.8 Å². The smallest absolute Gasteiger partial charge is 0.301 e. The van der Waals surface area contributed by atoms with Gasteiger partial charge in [-0.2, -0.15) is 9.71 Å². The van der Waals surface area contributed by atoms with Crippen LogP contribution in [0.2, 0.25) is 0 Å². The number of aromatic nitrogens is 4. The van der Waals surface area contributed by atoms with Gasteiger partial charge in [-0.25, -0.2) is 9.97 Å². The molecule has 0 radical (unpaired) electrons. The molecule has 0 unspecified atom stereocenters. The summed E-state index contributed by atoms with van der Waals surface area (Å²) in [5, 5.41) is 9.84. The molecule has 1 aromatic rings. The van der Waals surface area contributed by atoms with Gasteiger partial charge in [0.05, 0.1) is 11.9 Å². The van der Waals surface area contributed by atoms with Gasteiger partial charge in [0.1, 0.15) is 6.33 Å². The fourth-order valence-electron chi connectivity index (χ4n) is 1.81. The van der Waals surface area contributed by atoms with Crippen molar-refractivity contribution in [3.05, 3.63) is 52.7 Å². The SMILES string of the molecule is Cc1ccc(-c2cn(O)c3ncnc(=O)c-3n2)cc1. The Morgan fingerprint density at radius 1 is 1.16 bits per heavy atom. The summed E-state index contributed by atoms with van der Waals surface area (Å²) in [6, 6.07) is 7.61. The monoisotopic (exact) mass is 254 g/mol. The number of aryl methyl sites for hydroxylation is 1. The van der Waals surface area contributed by atoms with Gasteiger partial charge < -0.3 is 5.21 Å². The second kappa shape index (κ2) is 4.16. The van der Waals surface area contributed by atoms with Crippen LogP contribution in [0.4, 0.5) is 0 Å². The normalized spacial score (nSPS) is 10.8. The van der Waals surface area contributed by atoms with E-state index in [4.69, 9.17) is 0 Å². The summed E-state index contributed by atoms with van der Waals surface area (Å²) >= 11 is 0. The van der Waals surface area contributed by atoms with Gasteiger partial charge in [-0.05, 0) is 6.92 Å². The van der Waals surface area contributed by atoms with Crippen LogP contribution < -0.4 is 5.56 Å². The first-order chi connectivity index (χ1) is 9.15. The molecule has 0 saturated heterocycles. The maximum atomic E-state index is 11.6. The lowest BCUT2D eigenvalue weighted by Crippen LogP contribution is -2.18. The molecular formula is C13H10N4O2. The molecule has 3 rings (SSSR count). The lowest BCUT2D eigenvalue weighted by atomic mass is 10.1. The summed E-state index contributed by atoms with van der Waals surface area (Å²) in [5.74, 6) is 0.0934. The average Bonchev–Trinajstić information content (AvgIpc) is 2.41. The van der Waals surface area contributed by atoms with Gasteiger partial charge >= 0.3 is 5.56 Å². The average molecular weight is 254 g/mol. The molecule has 0 spiro atoms. The molecule has 94 valence electrons. The highest BCUT2D eigenvalue weighted by Gasteiger charge is 2.16. The van der Waals surface area contributed by atoms with Crippen molar-refractivity contribution < 1.29 is 5.21 Å². The highest BCUT2D eigenvalue weighted by molar-refractivity contribution is 5.63. The lowest BCUT2D eigenvalue weighted by molar-refractivity contribution is 0.185. The first-order valence-corrected chi connectivity index (χ1v) is 5.66. The number of hydrogen-bond acceptors (Lipinski definition) is 5. The summed E-state index contributed by atoms with van der Waals surface area (Å²) in [6.07, 6.45) is 2.52. The van der Waals surface area contributed by atoms with Gasteiger partial charge in [0.25, 0.3) is 0 Å². The van der Waals surface area contributed by atoms with Gasteiger partial charge in [-0.15, -0.1) is 0 Å². The second-order valence-corrected chi connectivity index (χ2v) is 4.19. The summed E-state index contributed by atoms with van der Waals surface area (Å²) in [4.78, 5) is 23.2. The van der Waals surface area contributed by atoms with Crippen LogP contribution in [0.1, 0.15) is 5.56 Å². The van der Waals surface area contributed by atoms with Crippen LogP contribution in [0.3, 0.4) is 0 Å². The Morgan fingerprint density at radius 2 is 1.89 bits per heavy atom. The van der Waals surface area contributed by atoms with E-state index in [1.54, 1.807) is 0 Å². The van der Waals surface area contributed by atoms with Crippen molar-refractivity contribution in [3.8, 4) is 22.8 Å². The molecule has 0 amide bonds. The van der Waals surface area contributed by atoms with E-state index in [2.05, 4.69) is 15.0 Å². The van der Waals surface area contributed by atoms with Gasteiger partial charge in [0.15, 0.2) is 5.69 Å². The number of hydrogen-bond donors (Lipinski definition) is 1. The fourth-order valence-corrected chi connectivity index (χ4v) is 1.81. The number of rotatable bonds is 1. The maximum Gasteiger partial charge on any atom is 0.301 e. The van der Waals surface area contributed by atoms with E-state index in [0.717, 1.165) is 22.2 Å². The van der Waals surface area contributed by atoms with E-state index in [9.17, 15) is 10.0 Å². The molecule has 0 aromatic heterocycles. The van der Waals surface area contributed by atoms with Crippen LogP contribution >= 0.6 is 0 Å². The van der Waals surface area contributed by atoms with Crippen molar-refractivity contribution in [1.29, 1.82) is 0 Å². The molecule has 1 aromatic carbocycles. The maximum absolute atomic E-state index is 11.6. The predicted molar refractivity (Wildman–Crippen MR) is 68.1 cm³/mol. The van der Waals surface area contributed by atoms with Crippen molar-refractivity contribution >= 4 is 0 Å². The van der Waals surface area contributed by atoms with Gasteiger partial charge in [-0.1, -0.05) is 29.8 Å². The minimum absolute atomic E-state index is 0.0445. The Labute approximate surface area is 108 Å². The third-order valence-corrected chi connectivity index (χ3v) is 2.81. The van der Waals surface area contributed by atoms with E-state index in [-0.39, 0.29) is 11.5 Å². The summed E-state index contributed by atoms with van der Waals surface area (Å²) in [5.41, 5.74) is 1.94. The van der Waals surface area contributed by atoms with E-state index < -0.39 is 5.56 Å². The fraction of sp³-hybridized carbons (Fsp3) is 0.0769. The van der Waals surface area contributed by atoms with Crippen molar-refractivity contribution in [3.63, 3.8) is 0 Å². The Bertz CT molecular complexity index is 765. The quantitative estimate of drug-likeness (QED) is 0.663. The molecule has 0 fully saturated rings. The highest BCUT2D eigenvalue weighted by atomic mass is 16.5. The third-order valence-electron chi connectivity index (χ3n) is 2.81. The highest BCUT2D eigenvalue weighted by Crippen LogP contribution is 2.20. The summed E-state index contributed by atoms with van der Waals surface area (Å²) in [7, 11) is 0. The number of nitrogens with zero attached hydrogens (tertiary/aromatic N) is 4. The van der Waals surface area contributed by atoms with Crippen LogP contribution in [0, 0.1) is 6.92 Å². The van der Waals surface area contributed by atoms with Crippen molar-refractivity contribution in [2.75, 3.05) is 0 Å². The Balaban J connectivity index is 2.26. The minimum atomic E-state index is -0.512. The molecule has 2 aliphatic heterocycles. The van der Waals surface area contributed by atoms with E-state index in [0.29, 0.717) is 5.69 Å². The zero-order valence-corrected chi connectivity index (χ0v) is 10.1. The van der Waals surface area contributed by atoms with Crippen LogP contribution in [0.5, 0.6) is 0 Å². The van der Waals surface area contributed by atoms with Gasteiger partial charge in [0, 0.05) is 5.56 Å². The first-order valence-electron chi connectivity index (χ1n) is 5.66. The van der Waals surface area contributed by atoms with Crippen LogP contribution in [-0.2, 0) is 0 Å². The van der Waals surface area contributed by atoms with E-state index in [1.165, 1.54) is 6.20 Å². The molecular weight excluding hydrogens is 244 g/mol. The number of fused-ring (bicyclic) bond motifs is 1. The molecule has 0 atom stereocenters. The molecule has 1 N–H and O–H groups in total. The zero-order chi connectivity index (χ0) is 13.4. The molecule has 2 heterocycles. The van der Waals surface area contributed by atoms with Crippen LogP contribution in [-0.4, -0.2) is 24.9 Å². The Morgan fingerprint density at radius 3 is 2.63 bits per heavy atom.